The van der Waals surface area contributed by atoms with E-state index in [9.17, 15) is 8.78 Å². The molecular formula is C12H8Cl2F2N2. The van der Waals surface area contributed by atoms with Gasteiger partial charge in [0, 0.05) is 12.7 Å². The Hall–Kier alpha value is -1.39. The van der Waals surface area contributed by atoms with Gasteiger partial charge in [-0.2, -0.15) is 0 Å². The number of nitrogens with zero attached hydrogens (tertiary/aromatic N) is 1. The molecule has 2 rings (SSSR count). The van der Waals surface area contributed by atoms with E-state index in [1.807, 2.05) is 0 Å². The molecule has 2 aromatic rings. The van der Waals surface area contributed by atoms with Crippen LogP contribution < -0.4 is 5.32 Å². The SMILES string of the molecule is Fc1ccc(CNc2ncc(Cl)cc2F)cc1Cl. The first-order valence-electron chi connectivity index (χ1n) is 5.05. The van der Waals surface area contributed by atoms with Crippen LogP contribution in [-0.4, -0.2) is 4.98 Å². The second kappa shape index (κ2) is 5.50. The zero-order valence-electron chi connectivity index (χ0n) is 9.05. The summed E-state index contributed by atoms with van der Waals surface area (Å²) in [7, 11) is 0. The molecule has 6 heteroatoms. The summed E-state index contributed by atoms with van der Waals surface area (Å²) < 4.78 is 26.3. The van der Waals surface area contributed by atoms with Crippen molar-refractivity contribution in [3.8, 4) is 0 Å². The number of aromatic nitrogens is 1. The van der Waals surface area contributed by atoms with Crippen molar-refractivity contribution in [1.82, 2.24) is 4.98 Å². The molecule has 0 atom stereocenters. The molecule has 18 heavy (non-hydrogen) atoms. The number of benzene rings is 1. The average molecular weight is 289 g/mol. The van der Waals surface area contributed by atoms with Crippen molar-refractivity contribution in [1.29, 1.82) is 0 Å². The Morgan fingerprint density at radius 3 is 2.56 bits per heavy atom. The van der Waals surface area contributed by atoms with Crippen molar-refractivity contribution >= 4 is 29.0 Å². The number of halogens is 4. The number of hydrogen-bond donors (Lipinski definition) is 1. The van der Waals surface area contributed by atoms with Crippen LogP contribution in [0.5, 0.6) is 0 Å². The molecule has 0 saturated heterocycles. The van der Waals surface area contributed by atoms with E-state index in [1.165, 1.54) is 18.3 Å². The molecule has 0 amide bonds. The van der Waals surface area contributed by atoms with Crippen LogP contribution >= 0.6 is 23.2 Å². The minimum absolute atomic E-state index is 0.0267. The topological polar surface area (TPSA) is 24.9 Å². The Balaban J connectivity index is 2.09. The van der Waals surface area contributed by atoms with Gasteiger partial charge in [0.1, 0.15) is 5.82 Å². The van der Waals surface area contributed by atoms with Gasteiger partial charge in [-0.05, 0) is 23.8 Å². The van der Waals surface area contributed by atoms with Gasteiger partial charge >= 0.3 is 0 Å². The van der Waals surface area contributed by atoms with Gasteiger partial charge in [0.15, 0.2) is 11.6 Å². The molecule has 0 fully saturated rings. The van der Waals surface area contributed by atoms with Crippen molar-refractivity contribution in [3.63, 3.8) is 0 Å². The molecule has 94 valence electrons. The molecule has 1 heterocycles. The van der Waals surface area contributed by atoms with E-state index >= 15 is 0 Å². The lowest BCUT2D eigenvalue weighted by atomic mass is 10.2. The number of hydrogen-bond acceptors (Lipinski definition) is 2. The van der Waals surface area contributed by atoms with Crippen molar-refractivity contribution in [3.05, 3.63) is 57.7 Å². The highest BCUT2D eigenvalue weighted by atomic mass is 35.5. The second-order valence-electron chi connectivity index (χ2n) is 3.59. The van der Waals surface area contributed by atoms with Gasteiger partial charge in [-0.15, -0.1) is 0 Å². The number of nitrogens with one attached hydrogen (secondary N) is 1. The fourth-order valence-electron chi connectivity index (χ4n) is 1.38. The number of pyridine rings is 1. The van der Waals surface area contributed by atoms with Crippen molar-refractivity contribution in [2.75, 3.05) is 5.32 Å². The zero-order valence-corrected chi connectivity index (χ0v) is 10.6. The highest BCUT2D eigenvalue weighted by molar-refractivity contribution is 6.30. The highest BCUT2D eigenvalue weighted by Crippen LogP contribution is 2.19. The molecule has 0 aliphatic carbocycles. The summed E-state index contributed by atoms with van der Waals surface area (Å²) >= 11 is 11.2. The molecule has 1 N–H and O–H groups in total. The predicted molar refractivity (Wildman–Crippen MR) is 67.9 cm³/mol. The van der Waals surface area contributed by atoms with Gasteiger partial charge in [0.05, 0.1) is 10.0 Å². The fraction of sp³-hybridized carbons (Fsp3) is 0.0833. The fourth-order valence-corrected chi connectivity index (χ4v) is 1.73. The van der Waals surface area contributed by atoms with E-state index in [4.69, 9.17) is 23.2 Å². The maximum atomic E-state index is 13.4. The summed E-state index contributed by atoms with van der Waals surface area (Å²) in [5.74, 6) is -0.952. The highest BCUT2D eigenvalue weighted by Gasteiger charge is 2.05. The van der Waals surface area contributed by atoms with Crippen LogP contribution in [0.1, 0.15) is 5.56 Å². The summed E-state index contributed by atoms with van der Waals surface area (Å²) in [6.45, 7) is 0.283. The minimum atomic E-state index is -0.546. The third-order valence-electron chi connectivity index (χ3n) is 2.25. The third kappa shape index (κ3) is 3.09. The van der Waals surface area contributed by atoms with Gasteiger partial charge in [0.25, 0.3) is 0 Å². The Morgan fingerprint density at radius 2 is 1.89 bits per heavy atom. The maximum absolute atomic E-state index is 13.4. The molecule has 1 aromatic carbocycles. The first-order valence-corrected chi connectivity index (χ1v) is 5.80. The van der Waals surface area contributed by atoms with Crippen molar-refractivity contribution in [2.45, 2.75) is 6.54 Å². The first-order chi connectivity index (χ1) is 8.56. The molecule has 0 aliphatic rings. The summed E-state index contributed by atoms with van der Waals surface area (Å²) in [6, 6.07) is 5.44. The maximum Gasteiger partial charge on any atom is 0.166 e. The van der Waals surface area contributed by atoms with E-state index in [0.29, 0.717) is 0 Å². The molecule has 2 nitrogen and oxygen atoms in total. The van der Waals surface area contributed by atoms with Crippen LogP contribution in [0.3, 0.4) is 0 Å². The molecule has 0 unspecified atom stereocenters. The Bertz CT molecular complexity index is 576. The van der Waals surface area contributed by atoms with E-state index in [0.717, 1.165) is 11.6 Å². The molecule has 1 aromatic heterocycles. The molecular weight excluding hydrogens is 281 g/mol. The Labute approximate surface area is 113 Å². The molecule has 0 aliphatic heterocycles. The smallest absolute Gasteiger partial charge is 0.166 e. The molecule has 0 radical (unpaired) electrons. The summed E-state index contributed by atoms with van der Waals surface area (Å²) in [4.78, 5) is 3.81. The van der Waals surface area contributed by atoms with Crippen LogP contribution in [0.4, 0.5) is 14.6 Å². The largest absolute Gasteiger partial charge is 0.364 e. The zero-order chi connectivity index (χ0) is 13.1. The van der Waals surface area contributed by atoms with Crippen molar-refractivity contribution < 1.29 is 8.78 Å². The standard InChI is InChI=1S/C12H8Cl2F2N2/c13-8-4-11(16)12(18-6-8)17-5-7-1-2-10(15)9(14)3-7/h1-4,6H,5H2,(H,17,18). The Morgan fingerprint density at radius 1 is 1.11 bits per heavy atom. The average Bonchev–Trinajstić information content (AvgIpc) is 2.32. The van der Waals surface area contributed by atoms with Gasteiger partial charge in [-0.3, -0.25) is 0 Å². The van der Waals surface area contributed by atoms with E-state index in [1.54, 1.807) is 6.07 Å². The molecule has 0 spiro atoms. The predicted octanol–water partition coefficient (Wildman–Crippen LogP) is 4.28. The molecule has 0 saturated carbocycles. The van der Waals surface area contributed by atoms with Crippen molar-refractivity contribution in [2.24, 2.45) is 0 Å². The van der Waals surface area contributed by atoms with Crippen LogP contribution in [0, 0.1) is 11.6 Å². The van der Waals surface area contributed by atoms with Gasteiger partial charge in [-0.1, -0.05) is 29.3 Å². The van der Waals surface area contributed by atoms with Crippen LogP contribution in [-0.2, 0) is 6.54 Å². The van der Waals surface area contributed by atoms with Gasteiger partial charge in [-0.25, -0.2) is 13.8 Å². The summed E-state index contributed by atoms with van der Waals surface area (Å²) in [6.07, 6.45) is 1.34. The van der Waals surface area contributed by atoms with E-state index in [-0.39, 0.29) is 22.4 Å². The van der Waals surface area contributed by atoms with Crippen LogP contribution in [0.2, 0.25) is 10.0 Å². The monoisotopic (exact) mass is 288 g/mol. The normalized spacial score (nSPS) is 10.4. The summed E-state index contributed by atoms with van der Waals surface area (Å²) in [5.41, 5.74) is 0.720. The quantitative estimate of drug-likeness (QED) is 0.912. The van der Waals surface area contributed by atoms with Gasteiger partial charge < -0.3 is 5.32 Å². The third-order valence-corrected chi connectivity index (χ3v) is 2.75. The van der Waals surface area contributed by atoms with Crippen LogP contribution in [0.15, 0.2) is 30.5 Å². The lowest BCUT2D eigenvalue weighted by Gasteiger charge is -2.07. The minimum Gasteiger partial charge on any atom is -0.364 e. The molecule has 0 bridgehead atoms. The summed E-state index contributed by atoms with van der Waals surface area (Å²) in [5, 5.41) is 3.03. The van der Waals surface area contributed by atoms with E-state index in [2.05, 4.69) is 10.3 Å². The Kier molecular flexibility index (Phi) is 3.99. The second-order valence-corrected chi connectivity index (χ2v) is 4.43. The van der Waals surface area contributed by atoms with E-state index < -0.39 is 11.6 Å². The number of rotatable bonds is 3. The number of anilines is 1. The van der Waals surface area contributed by atoms with Crippen LogP contribution in [0.25, 0.3) is 0 Å². The van der Waals surface area contributed by atoms with Gasteiger partial charge in [0.2, 0.25) is 0 Å². The lowest BCUT2D eigenvalue weighted by Crippen LogP contribution is -2.03. The lowest BCUT2D eigenvalue weighted by molar-refractivity contribution is 0.623. The first kappa shape index (κ1) is 13.1.